The molecule has 6 heteroatoms. The van der Waals surface area contributed by atoms with Crippen molar-refractivity contribution in [1.82, 2.24) is 9.38 Å². The van der Waals surface area contributed by atoms with Crippen LogP contribution in [0, 0.1) is 22.9 Å². The van der Waals surface area contributed by atoms with E-state index in [2.05, 4.69) is 4.98 Å². The predicted octanol–water partition coefficient (Wildman–Crippen LogP) is 3.36. The van der Waals surface area contributed by atoms with Crippen molar-refractivity contribution >= 4 is 11.5 Å². The van der Waals surface area contributed by atoms with Crippen LogP contribution in [0.1, 0.15) is 5.56 Å². The lowest BCUT2D eigenvalue weighted by atomic mass is 10.1. The van der Waals surface area contributed by atoms with Gasteiger partial charge in [-0.15, -0.1) is 0 Å². The fourth-order valence-corrected chi connectivity index (χ4v) is 2.20. The van der Waals surface area contributed by atoms with Crippen LogP contribution in [0.4, 0.5) is 10.2 Å². The highest BCUT2D eigenvalue weighted by atomic mass is 19.1. The monoisotopic (exact) mass is 271 g/mol. The number of pyridine rings is 1. The molecule has 0 aliphatic heterocycles. The number of halogens is 1. The predicted molar refractivity (Wildman–Crippen MR) is 72.0 cm³/mol. The first-order valence-corrected chi connectivity index (χ1v) is 5.96. The molecule has 0 saturated heterocycles. The van der Waals surface area contributed by atoms with E-state index < -0.39 is 10.7 Å². The summed E-state index contributed by atoms with van der Waals surface area (Å²) in [7, 11) is 0. The van der Waals surface area contributed by atoms with E-state index in [1.165, 1.54) is 22.6 Å². The first-order chi connectivity index (χ1) is 9.59. The van der Waals surface area contributed by atoms with Gasteiger partial charge in [-0.3, -0.25) is 0 Å². The lowest BCUT2D eigenvalue weighted by Gasteiger charge is -1.99. The minimum absolute atomic E-state index is 0.0439. The van der Waals surface area contributed by atoms with Gasteiger partial charge < -0.3 is 10.1 Å². The fourth-order valence-electron chi connectivity index (χ4n) is 2.20. The van der Waals surface area contributed by atoms with E-state index in [1.807, 2.05) is 0 Å². The Morgan fingerprint density at radius 3 is 2.70 bits per heavy atom. The second-order valence-corrected chi connectivity index (χ2v) is 4.41. The molecule has 0 fully saturated rings. The maximum atomic E-state index is 13.9. The smallest absolute Gasteiger partial charge is 0.356 e. The van der Waals surface area contributed by atoms with Gasteiger partial charge >= 0.3 is 5.82 Å². The van der Waals surface area contributed by atoms with E-state index in [4.69, 9.17) is 0 Å². The zero-order valence-corrected chi connectivity index (χ0v) is 10.6. The molecule has 5 nitrogen and oxygen atoms in total. The second kappa shape index (κ2) is 4.41. The molecule has 2 heterocycles. The van der Waals surface area contributed by atoms with E-state index in [0.29, 0.717) is 5.65 Å². The highest BCUT2D eigenvalue weighted by molar-refractivity contribution is 5.73. The molecule has 0 atom stereocenters. The highest BCUT2D eigenvalue weighted by Crippen LogP contribution is 2.32. The quantitative estimate of drug-likeness (QED) is 0.530. The van der Waals surface area contributed by atoms with Crippen LogP contribution in [-0.2, 0) is 0 Å². The van der Waals surface area contributed by atoms with Gasteiger partial charge in [-0.05, 0) is 36.1 Å². The van der Waals surface area contributed by atoms with Gasteiger partial charge in [0, 0.05) is 11.1 Å². The van der Waals surface area contributed by atoms with Gasteiger partial charge in [-0.1, -0.05) is 12.1 Å². The van der Waals surface area contributed by atoms with Crippen molar-refractivity contribution in [3.63, 3.8) is 0 Å². The average Bonchev–Trinajstić information content (AvgIpc) is 2.80. The molecule has 1 aromatic carbocycles. The molecule has 20 heavy (non-hydrogen) atoms. The maximum Gasteiger partial charge on any atom is 0.356 e. The van der Waals surface area contributed by atoms with Gasteiger partial charge in [0.15, 0.2) is 5.69 Å². The van der Waals surface area contributed by atoms with Gasteiger partial charge in [0.2, 0.25) is 5.65 Å². The summed E-state index contributed by atoms with van der Waals surface area (Å²) in [6.07, 6.45) is 1.55. The molecular weight excluding hydrogens is 261 g/mol. The van der Waals surface area contributed by atoms with Crippen LogP contribution in [0.15, 0.2) is 42.6 Å². The number of fused-ring (bicyclic) bond motifs is 1. The fraction of sp³-hybridized carbons (Fsp3) is 0.0714. The molecule has 3 aromatic rings. The van der Waals surface area contributed by atoms with Gasteiger partial charge in [-0.2, -0.15) is 9.38 Å². The Bertz CT molecular complexity index is 826. The van der Waals surface area contributed by atoms with Gasteiger partial charge in [-0.25, -0.2) is 4.39 Å². The third-order valence-corrected chi connectivity index (χ3v) is 3.12. The van der Waals surface area contributed by atoms with Gasteiger partial charge in [0.25, 0.3) is 0 Å². The molecule has 0 spiro atoms. The summed E-state index contributed by atoms with van der Waals surface area (Å²) < 4.78 is 15.2. The summed E-state index contributed by atoms with van der Waals surface area (Å²) in [5.41, 5.74) is 1.42. The van der Waals surface area contributed by atoms with Crippen molar-refractivity contribution in [2.45, 2.75) is 6.92 Å². The average molecular weight is 271 g/mol. The number of nitro groups is 1. The normalized spacial score (nSPS) is 10.9. The minimum Gasteiger partial charge on any atom is -0.358 e. The zero-order chi connectivity index (χ0) is 14.3. The van der Waals surface area contributed by atoms with E-state index in [-0.39, 0.29) is 17.1 Å². The molecule has 0 unspecified atom stereocenters. The molecule has 100 valence electrons. The van der Waals surface area contributed by atoms with Gasteiger partial charge in [0.05, 0.1) is 6.20 Å². The molecule has 0 saturated carbocycles. The van der Waals surface area contributed by atoms with Crippen LogP contribution in [0.3, 0.4) is 0 Å². The summed E-state index contributed by atoms with van der Waals surface area (Å²) in [4.78, 5) is 15.0. The SMILES string of the molecule is Cc1cccn2c([N+](=O)[O-])c(-c3ccccc3F)nc12. The summed E-state index contributed by atoms with van der Waals surface area (Å²) in [6.45, 7) is 1.80. The molecule has 0 bridgehead atoms. The number of benzene rings is 1. The van der Waals surface area contributed by atoms with Crippen LogP contribution < -0.4 is 0 Å². The number of hydrogen-bond acceptors (Lipinski definition) is 3. The molecule has 2 aromatic heterocycles. The van der Waals surface area contributed by atoms with Crippen LogP contribution in [0.2, 0.25) is 0 Å². The second-order valence-electron chi connectivity index (χ2n) is 4.41. The first kappa shape index (κ1) is 12.3. The molecular formula is C14H10FN3O2. The number of hydrogen-bond donors (Lipinski definition) is 0. The van der Waals surface area contributed by atoms with Crippen molar-refractivity contribution < 1.29 is 9.31 Å². The van der Waals surface area contributed by atoms with Crippen molar-refractivity contribution in [2.75, 3.05) is 0 Å². The van der Waals surface area contributed by atoms with Gasteiger partial charge in [0.1, 0.15) is 5.82 Å². The summed E-state index contributed by atoms with van der Waals surface area (Å²) in [6, 6.07) is 9.40. The summed E-state index contributed by atoms with van der Waals surface area (Å²) >= 11 is 0. The third kappa shape index (κ3) is 1.73. The highest BCUT2D eigenvalue weighted by Gasteiger charge is 2.26. The van der Waals surface area contributed by atoms with E-state index in [0.717, 1.165) is 5.56 Å². The standard InChI is InChI=1S/C14H10FN3O2/c1-9-5-4-8-17-13(9)16-12(14(17)18(19)20)10-6-2-3-7-11(10)15/h2-8H,1H3. The Balaban J connectivity index is 2.42. The van der Waals surface area contributed by atoms with Crippen molar-refractivity contribution in [3.8, 4) is 11.3 Å². The minimum atomic E-state index is -0.540. The molecule has 0 aliphatic carbocycles. The van der Waals surface area contributed by atoms with Crippen LogP contribution in [-0.4, -0.2) is 14.3 Å². The first-order valence-electron chi connectivity index (χ1n) is 5.96. The number of imidazole rings is 1. The summed E-state index contributed by atoms with van der Waals surface area (Å²) in [5, 5.41) is 11.3. The Morgan fingerprint density at radius 2 is 2.00 bits per heavy atom. The van der Waals surface area contributed by atoms with Crippen molar-refractivity contribution in [3.05, 3.63) is 64.1 Å². The lowest BCUT2D eigenvalue weighted by Crippen LogP contribution is -1.96. The Kier molecular flexibility index (Phi) is 2.71. The number of rotatable bonds is 2. The molecule has 0 N–H and O–H groups in total. The summed E-state index contributed by atoms with van der Waals surface area (Å²) in [5.74, 6) is -0.759. The van der Waals surface area contributed by atoms with Crippen molar-refractivity contribution in [1.29, 1.82) is 0 Å². The lowest BCUT2D eigenvalue weighted by molar-refractivity contribution is -0.389. The Labute approximate surface area is 113 Å². The molecule has 0 aliphatic rings. The Hall–Kier alpha value is -2.76. The van der Waals surface area contributed by atoms with E-state index >= 15 is 0 Å². The third-order valence-electron chi connectivity index (χ3n) is 3.12. The van der Waals surface area contributed by atoms with Crippen molar-refractivity contribution in [2.24, 2.45) is 0 Å². The number of aromatic nitrogens is 2. The maximum absolute atomic E-state index is 13.9. The number of aryl methyl sites for hydroxylation is 1. The van der Waals surface area contributed by atoms with Crippen LogP contribution in [0.25, 0.3) is 16.9 Å². The molecule has 0 amide bonds. The molecule has 0 radical (unpaired) electrons. The van der Waals surface area contributed by atoms with E-state index in [9.17, 15) is 14.5 Å². The van der Waals surface area contributed by atoms with E-state index in [1.54, 1.807) is 31.3 Å². The zero-order valence-electron chi connectivity index (χ0n) is 10.6. The topological polar surface area (TPSA) is 60.4 Å². The number of nitrogens with zero attached hydrogens (tertiary/aromatic N) is 3. The van der Waals surface area contributed by atoms with Crippen LogP contribution >= 0.6 is 0 Å². The largest absolute Gasteiger partial charge is 0.358 e. The Morgan fingerprint density at radius 1 is 1.25 bits per heavy atom. The van der Waals surface area contributed by atoms with Crippen LogP contribution in [0.5, 0.6) is 0 Å². The molecule has 3 rings (SSSR count).